The van der Waals surface area contributed by atoms with E-state index in [9.17, 15) is 0 Å². The number of ether oxygens (including phenoxy) is 2. The van der Waals surface area contributed by atoms with Crippen molar-refractivity contribution < 1.29 is 14.0 Å². The van der Waals surface area contributed by atoms with E-state index in [1.807, 2.05) is 39.0 Å². The van der Waals surface area contributed by atoms with Gasteiger partial charge in [-0.2, -0.15) is 4.98 Å². The summed E-state index contributed by atoms with van der Waals surface area (Å²) in [6, 6.07) is 5.69. The van der Waals surface area contributed by atoms with Crippen LogP contribution in [0.5, 0.6) is 11.5 Å². The molecule has 0 bridgehead atoms. The predicted octanol–water partition coefficient (Wildman–Crippen LogP) is 3.30. The minimum absolute atomic E-state index is 0. The Morgan fingerprint density at radius 3 is 2.54 bits per heavy atom. The maximum absolute atomic E-state index is 5.46. The van der Waals surface area contributed by atoms with Crippen molar-refractivity contribution in [3.05, 3.63) is 35.5 Å². The summed E-state index contributed by atoms with van der Waals surface area (Å²) < 4.78 is 16.0. The molecule has 0 saturated heterocycles. The van der Waals surface area contributed by atoms with E-state index in [4.69, 9.17) is 14.0 Å². The number of hydrogen-bond donors (Lipinski definition) is 2. The van der Waals surface area contributed by atoms with Gasteiger partial charge in [0.15, 0.2) is 11.8 Å². The maximum Gasteiger partial charge on any atom is 0.228 e. The fourth-order valence-corrected chi connectivity index (χ4v) is 2.55. The molecule has 156 valence electrons. The minimum Gasteiger partial charge on any atom is -0.497 e. The first-order valence-corrected chi connectivity index (χ1v) is 9.00. The Hall–Kier alpha value is -2.04. The van der Waals surface area contributed by atoms with E-state index in [2.05, 4.69) is 25.8 Å². The van der Waals surface area contributed by atoms with Crippen LogP contribution >= 0.6 is 24.0 Å². The molecule has 0 amide bonds. The van der Waals surface area contributed by atoms with E-state index in [0.717, 1.165) is 22.9 Å². The number of nitrogens with one attached hydrogen (secondary N) is 2. The highest BCUT2D eigenvalue weighted by Crippen LogP contribution is 2.29. The minimum atomic E-state index is -0.0304. The van der Waals surface area contributed by atoms with Crippen molar-refractivity contribution >= 4 is 29.9 Å². The first-order valence-electron chi connectivity index (χ1n) is 9.00. The van der Waals surface area contributed by atoms with Gasteiger partial charge in [-0.1, -0.05) is 19.0 Å². The molecule has 9 heteroatoms. The third-order valence-corrected chi connectivity index (χ3v) is 4.11. The van der Waals surface area contributed by atoms with Crippen molar-refractivity contribution in [2.45, 2.75) is 39.2 Å². The third-order valence-electron chi connectivity index (χ3n) is 4.11. The molecule has 0 aliphatic rings. The summed E-state index contributed by atoms with van der Waals surface area (Å²) in [7, 11) is 5.03. The molecule has 0 saturated carbocycles. The molecule has 0 fully saturated rings. The lowest BCUT2D eigenvalue weighted by Gasteiger charge is -2.20. The number of guanidine groups is 1. The normalized spacial score (nSPS) is 12.3. The Kier molecular flexibility index (Phi) is 10.0. The number of hydrogen-bond acceptors (Lipinski definition) is 6. The molecule has 28 heavy (non-hydrogen) atoms. The van der Waals surface area contributed by atoms with Gasteiger partial charge in [-0.05, 0) is 25.1 Å². The van der Waals surface area contributed by atoms with Crippen LogP contribution in [0.25, 0.3) is 0 Å². The topological polar surface area (TPSA) is 93.8 Å². The van der Waals surface area contributed by atoms with Gasteiger partial charge in [0, 0.05) is 31.5 Å². The van der Waals surface area contributed by atoms with Gasteiger partial charge in [0.1, 0.15) is 11.5 Å². The van der Waals surface area contributed by atoms with Crippen LogP contribution in [-0.2, 0) is 6.42 Å². The second kappa shape index (κ2) is 11.7. The summed E-state index contributed by atoms with van der Waals surface area (Å²) in [6.07, 6.45) is 0.622. The van der Waals surface area contributed by atoms with Crippen molar-refractivity contribution in [1.29, 1.82) is 0 Å². The quantitative estimate of drug-likeness (QED) is 0.325. The molecule has 2 rings (SSSR count). The van der Waals surface area contributed by atoms with Gasteiger partial charge < -0.3 is 24.6 Å². The first kappa shape index (κ1) is 24.0. The fraction of sp³-hybridized carbons (Fsp3) is 0.526. The summed E-state index contributed by atoms with van der Waals surface area (Å²) in [4.78, 5) is 8.65. The van der Waals surface area contributed by atoms with Crippen molar-refractivity contribution in [3.63, 3.8) is 0 Å². The van der Waals surface area contributed by atoms with Crippen LogP contribution in [0.4, 0.5) is 0 Å². The second-order valence-corrected chi connectivity index (χ2v) is 6.42. The molecule has 0 radical (unpaired) electrons. The van der Waals surface area contributed by atoms with Crippen LogP contribution in [0.3, 0.4) is 0 Å². The molecule has 2 N–H and O–H groups in total. The lowest BCUT2D eigenvalue weighted by molar-refractivity contribution is 0.371. The number of aliphatic imine (C=N–C) groups is 1. The summed E-state index contributed by atoms with van der Waals surface area (Å²) in [6.45, 7) is 6.73. The summed E-state index contributed by atoms with van der Waals surface area (Å²) in [5.41, 5.74) is 0.985. The van der Waals surface area contributed by atoms with E-state index in [0.29, 0.717) is 24.8 Å². The predicted molar refractivity (Wildman–Crippen MR) is 120 cm³/mol. The molecule has 0 spiro atoms. The van der Waals surface area contributed by atoms with E-state index < -0.39 is 0 Å². The number of benzene rings is 1. The molecule has 2 aromatic rings. The Balaban J connectivity index is 0.00000392. The molecule has 1 unspecified atom stereocenters. The Labute approximate surface area is 183 Å². The lowest BCUT2D eigenvalue weighted by Crippen LogP contribution is -2.39. The molecule has 8 nitrogen and oxygen atoms in total. The zero-order valence-electron chi connectivity index (χ0n) is 17.3. The fourth-order valence-electron chi connectivity index (χ4n) is 2.55. The molecule has 1 aromatic carbocycles. The SMILES string of the molecule is CN=C(NCCc1nc(C(C)C)no1)NC(C)c1cc(OC)ccc1OC.I. The zero-order valence-corrected chi connectivity index (χ0v) is 19.6. The average molecular weight is 503 g/mol. The molecular formula is C19H30IN5O3. The Bertz CT molecular complexity index is 764. The Morgan fingerprint density at radius 2 is 1.96 bits per heavy atom. The van der Waals surface area contributed by atoms with Crippen LogP contribution in [0.1, 0.15) is 50.0 Å². The summed E-state index contributed by atoms with van der Waals surface area (Å²) in [5, 5.41) is 10.6. The average Bonchev–Trinajstić information content (AvgIpc) is 3.15. The molecule has 0 aliphatic carbocycles. The number of methoxy groups -OCH3 is 2. The van der Waals surface area contributed by atoms with Gasteiger partial charge in [0.05, 0.1) is 20.3 Å². The second-order valence-electron chi connectivity index (χ2n) is 6.42. The monoisotopic (exact) mass is 503 g/mol. The number of rotatable bonds is 8. The van der Waals surface area contributed by atoms with Crippen molar-refractivity contribution in [3.8, 4) is 11.5 Å². The zero-order chi connectivity index (χ0) is 19.8. The third kappa shape index (κ3) is 6.54. The van der Waals surface area contributed by atoms with Crippen molar-refractivity contribution in [2.75, 3.05) is 27.8 Å². The van der Waals surface area contributed by atoms with Gasteiger partial charge in [-0.15, -0.1) is 24.0 Å². The summed E-state index contributed by atoms with van der Waals surface area (Å²) in [5.74, 6) is 3.84. The van der Waals surface area contributed by atoms with Crippen LogP contribution in [-0.4, -0.2) is 43.9 Å². The standard InChI is InChI=1S/C19H29N5O3.HI/c1-12(2)18-23-17(27-24-18)9-10-21-19(20-4)22-13(3)15-11-14(25-5)7-8-16(15)26-6;/h7-8,11-13H,9-10H2,1-6H3,(H2,20,21,22);1H. The van der Waals surface area contributed by atoms with Gasteiger partial charge >= 0.3 is 0 Å². The van der Waals surface area contributed by atoms with Gasteiger partial charge in [-0.25, -0.2) is 0 Å². The van der Waals surface area contributed by atoms with Crippen molar-refractivity contribution in [2.24, 2.45) is 4.99 Å². The maximum atomic E-state index is 5.46. The number of aromatic nitrogens is 2. The largest absolute Gasteiger partial charge is 0.497 e. The van der Waals surface area contributed by atoms with Crippen LogP contribution in [0, 0.1) is 0 Å². The highest BCUT2D eigenvalue weighted by atomic mass is 127. The summed E-state index contributed by atoms with van der Waals surface area (Å²) >= 11 is 0. The molecule has 1 aromatic heterocycles. The van der Waals surface area contributed by atoms with E-state index in [-0.39, 0.29) is 35.9 Å². The highest BCUT2D eigenvalue weighted by molar-refractivity contribution is 14.0. The van der Waals surface area contributed by atoms with Crippen molar-refractivity contribution in [1.82, 2.24) is 20.8 Å². The molecule has 0 aliphatic heterocycles. The molecule has 1 atom stereocenters. The lowest BCUT2D eigenvalue weighted by atomic mass is 10.1. The smallest absolute Gasteiger partial charge is 0.228 e. The van der Waals surface area contributed by atoms with Gasteiger partial charge in [0.25, 0.3) is 0 Å². The first-order chi connectivity index (χ1) is 13.0. The van der Waals surface area contributed by atoms with E-state index in [1.54, 1.807) is 21.3 Å². The molecular weight excluding hydrogens is 473 g/mol. The van der Waals surface area contributed by atoms with E-state index >= 15 is 0 Å². The number of nitrogens with zero attached hydrogens (tertiary/aromatic N) is 3. The van der Waals surface area contributed by atoms with E-state index in [1.165, 1.54) is 0 Å². The van der Waals surface area contributed by atoms with Crippen LogP contribution in [0.15, 0.2) is 27.7 Å². The van der Waals surface area contributed by atoms with Crippen LogP contribution in [0.2, 0.25) is 0 Å². The molecule has 1 heterocycles. The van der Waals surface area contributed by atoms with Gasteiger partial charge in [-0.3, -0.25) is 4.99 Å². The van der Waals surface area contributed by atoms with Gasteiger partial charge in [0.2, 0.25) is 5.89 Å². The Morgan fingerprint density at radius 1 is 1.21 bits per heavy atom. The number of halogens is 1. The van der Waals surface area contributed by atoms with Crippen LogP contribution < -0.4 is 20.1 Å². The highest BCUT2D eigenvalue weighted by Gasteiger charge is 2.15.